The van der Waals surface area contributed by atoms with Gasteiger partial charge >= 0.3 is 11.7 Å². The first kappa shape index (κ1) is 11.2. The van der Waals surface area contributed by atoms with Crippen LogP contribution < -0.4 is 10.9 Å². The topological polar surface area (TPSA) is 68.5 Å². The molecule has 2 aromatic rings. The van der Waals surface area contributed by atoms with Crippen LogP contribution in [-0.4, -0.2) is 13.2 Å². The first-order chi connectivity index (χ1) is 8.10. The van der Waals surface area contributed by atoms with E-state index in [1.54, 1.807) is 25.1 Å². The highest BCUT2D eigenvalue weighted by Crippen LogP contribution is 2.20. The van der Waals surface area contributed by atoms with Crippen molar-refractivity contribution in [3.05, 3.63) is 40.2 Å². The first-order valence-electron chi connectivity index (χ1n) is 4.99. The van der Waals surface area contributed by atoms with E-state index in [0.29, 0.717) is 11.3 Å². The number of carbonyl (C=O) groups excluding carboxylic acids is 1. The van der Waals surface area contributed by atoms with Crippen molar-refractivity contribution >= 4 is 22.7 Å². The first-order valence-corrected chi connectivity index (χ1v) is 4.99. The Kier molecular flexibility index (Phi) is 2.82. The Morgan fingerprint density at radius 2 is 2.12 bits per heavy atom. The predicted molar refractivity (Wildman–Crippen MR) is 63.2 cm³/mol. The molecule has 5 heteroatoms. The number of hydrogen-bond acceptors (Lipinski definition) is 4. The van der Waals surface area contributed by atoms with Gasteiger partial charge < -0.3 is 9.15 Å². The Hall–Kier alpha value is -2.30. The molecular formula is C12H11NO4. The molecule has 2 rings (SSSR count). The third kappa shape index (κ3) is 2.28. The summed E-state index contributed by atoms with van der Waals surface area (Å²) in [7, 11) is 1.29. The normalized spacial score (nSPS) is 10.2. The Morgan fingerprint density at radius 1 is 1.35 bits per heavy atom. The number of anilines is 1. The average molecular weight is 233 g/mol. The Balaban J connectivity index is 2.50. The van der Waals surface area contributed by atoms with E-state index < -0.39 is 6.09 Å². The van der Waals surface area contributed by atoms with Gasteiger partial charge in [0.2, 0.25) is 0 Å². The minimum absolute atomic E-state index is 0.385. The molecule has 0 aliphatic carbocycles. The van der Waals surface area contributed by atoms with Crippen molar-refractivity contribution in [2.75, 3.05) is 12.4 Å². The van der Waals surface area contributed by atoms with E-state index in [-0.39, 0.29) is 5.63 Å². The van der Waals surface area contributed by atoms with Crippen molar-refractivity contribution in [2.45, 2.75) is 6.92 Å². The molecular weight excluding hydrogens is 222 g/mol. The molecule has 0 unspecified atom stereocenters. The fourth-order valence-electron chi connectivity index (χ4n) is 1.57. The van der Waals surface area contributed by atoms with Crippen LogP contribution in [0.5, 0.6) is 0 Å². The number of aryl methyl sites for hydroxylation is 1. The number of amides is 1. The largest absolute Gasteiger partial charge is 0.453 e. The number of benzene rings is 1. The van der Waals surface area contributed by atoms with Gasteiger partial charge in [-0.2, -0.15) is 0 Å². The SMILES string of the molecule is COC(=O)Nc1ccc2oc(=O)cc(C)c2c1. The van der Waals surface area contributed by atoms with Crippen molar-refractivity contribution < 1.29 is 13.9 Å². The summed E-state index contributed by atoms with van der Waals surface area (Å²) in [5, 5.41) is 3.32. The van der Waals surface area contributed by atoms with Gasteiger partial charge in [0.15, 0.2) is 0 Å². The van der Waals surface area contributed by atoms with E-state index in [0.717, 1.165) is 10.9 Å². The molecule has 88 valence electrons. The lowest BCUT2D eigenvalue weighted by atomic mass is 10.1. The summed E-state index contributed by atoms with van der Waals surface area (Å²) >= 11 is 0. The highest BCUT2D eigenvalue weighted by atomic mass is 16.5. The second-order valence-electron chi connectivity index (χ2n) is 3.58. The Morgan fingerprint density at radius 3 is 2.82 bits per heavy atom. The van der Waals surface area contributed by atoms with Gasteiger partial charge in [-0.1, -0.05) is 0 Å². The van der Waals surface area contributed by atoms with Crippen molar-refractivity contribution in [1.29, 1.82) is 0 Å². The maximum absolute atomic E-state index is 11.2. The van der Waals surface area contributed by atoms with Crippen LogP contribution >= 0.6 is 0 Å². The number of rotatable bonds is 1. The monoisotopic (exact) mass is 233 g/mol. The van der Waals surface area contributed by atoms with Gasteiger partial charge in [-0.05, 0) is 30.7 Å². The third-order valence-corrected chi connectivity index (χ3v) is 2.38. The fourth-order valence-corrected chi connectivity index (χ4v) is 1.57. The average Bonchev–Trinajstić information content (AvgIpc) is 2.29. The summed E-state index contributed by atoms with van der Waals surface area (Å²) in [4.78, 5) is 22.2. The number of ether oxygens (including phenoxy) is 1. The molecule has 0 fully saturated rings. The molecule has 0 radical (unpaired) electrons. The second-order valence-corrected chi connectivity index (χ2v) is 3.58. The number of methoxy groups -OCH3 is 1. The van der Waals surface area contributed by atoms with Gasteiger partial charge in [0.05, 0.1) is 7.11 Å². The summed E-state index contributed by atoms with van der Waals surface area (Å²) in [6, 6.07) is 6.41. The van der Waals surface area contributed by atoms with Crippen molar-refractivity contribution in [3.63, 3.8) is 0 Å². The Bertz CT molecular complexity index is 630. The minimum Gasteiger partial charge on any atom is -0.453 e. The zero-order valence-corrected chi connectivity index (χ0v) is 9.44. The second kappa shape index (κ2) is 4.29. The molecule has 17 heavy (non-hydrogen) atoms. The number of hydrogen-bond donors (Lipinski definition) is 1. The summed E-state index contributed by atoms with van der Waals surface area (Å²) in [5.74, 6) is 0. The van der Waals surface area contributed by atoms with Crippen molar-refractivity contribution in [2.24, 2.45) is 0 Å². The minimum atomic E-state index is -0.542. The molecule has 5 nitrogen and oxygen atoms in total. The lowest BCUT2D eigenvalue weighted by molar-refractivity contribution is 0.187. The van der Waals surface area contributed by atoms with Gasteiger partial charge in [-0.3, -0.25) is 5.32 Å². The molecule has 0 spiro atoms. The fraction of sp³-hybridized carbons (Fsp3) is 0.167. The van der Waals surface area contributed by atoms with Gasteiger partial charge in [0.1, 0.15) is 5.58 Å². The number of nitrogens with one attached hydrogen (secondary N) is 1. The number of fused-ring (bicyclic) bond motifs is 1. The van der Waals surface area contributed by atoms with E-state index in [2.05, 4.69) is 10.1 Å². The molecule has 1 heterocycles. The lowest BCUT2D eigenvalue weighted by Crippen LogP contribution is -2.10. The van der Waals surface area contributed by atoms with Crippen LogP contribution in [-0.2, 0) is 4.74 Å². The van der Waals surface area contributed by atoms with Gasteiger partial charge in [-0.25, -0.2) is 9.59 Å². The van der Waals surface area contributed by atoms with E-state index in [1.165, 1.54) is 13.2 Å². The molecule has 0 aliphatic rings. The van der Waals surface area contributed by atoms with Crippen LogP contribution in [0.2, 0.25) is 0 Å². The van der Waals surface area contributed by atoms with Crippen LogP contribution in [0.15, 0.2) is 33.5 Å². The van der Waals surface area contributed by atoms with Crippen molar-refractivity contribution in [3.8, 4) is 0 Å². The van der Waals surface area contributed by atoms with Gasteiger partial charge in [-0.15, -0.1) is 0 Å². The van der Waals surface area contributed by atoms with Gasteiger partial charge in [0, 0.05) is 17.1 Å². The van der Waals surface area contributed by atoms with Crippen LogP contribution in [0.3, 0.4) is 0 Å². The summed E-state index contributed by atoms with van der Waals surface area (Å²) in [5.41, 5.74) is 1.49. The van der Waals surface area contributed by atoms with E-state index in [4.69, 9.17) is 4.42 Å². The molecule has 0 saturated carbocycles. The molecule has 1 aromatic heterocycles. The molecule has 0 aliphatic heterocycles. The summed E-state index contributed by atoms with van der Waals surface area (Å²) < 4.78 is 9.52. The molecule has 0 atom stereocenters. The standard InChI is InChI=1S/C12H11NO4/c1-7-5-11(14)17-10-4-3-8(6-9(7)10)13-12(15)16-2/h3-6H,1-2H3,(H,13,15). The van der Waals surface area contributed by atoms with Crippen LogP contribution in [0, 0.1) is 6.92 Å². The van der Waals surface area contributed by atoms with E-state index in [9.17, 15) is 9.59 Å². The highest BCUT2D eigenvalue weighted by Gasteiger charge is 2.05. The molecule has 1 amide bonds. The van der Waals surface area contributed by atoms with Crippen molar-refractivity contribution in [1.82, 2.24) is 0 Å². The Labute approximate surface area is 97.0 Å². The van der Waals surface area contributed by atoms with Gasteiger partial charge in [0.25, 0.3) is 0 Å². The zero-order chi connectivity index (χ0) is 12.4. The van der Waals surface area contributed by atoms with E-state index in [1.807, 2.05) is 0 Å². The predicted octanol–water partition coefficient (Wildman–Crippen LogP) is 2.28. The smallest absolute Gasteiger partial charge is 0.411 e. The quantitative estimate of drug-likeness (QED) is 0.767. The summed E-state index contributed by atoms with van der Waals surface area (Å²) in [6.07, 6.45) is -0.542. The number of carbonyl (C=O) groups is 1. The molecule has 0 saturated heterocycles. The lowest BCUT2D eigenvalue weighted by Gasteiger charge is -2.05. The molecule has 1 aromatic carbocycles. The summed E-state index contributed by atoms with van der Waals surface area (Å²) in [6.45, 7) is 1.81. The van der Waals surface area contributed by atoms with E-state index >= 15 is 0 Å². The van der Waals surface area contributed by atoms with Crippen LogP contribution in [0.4, 0.5) is 10.5 Å². The maximum atomic E-state index is 11.2. The molecule has 1 N–H and O–H groups in total. The highest BCUT2D eigenvalue weighted by molar-refractivity contribution is 5.90. The van der Waals surface area contributed by atoms with Crippen LogP contribution in [0.25, 0.3) is 11.0 Å². The molecule has 0 bridgehead atoms. The van der Waals surface area contributed by atoms with Crippen LogP contribution in [0.1, 0.15) is 5.56 Å². The third-order valence-electron chi connectivity index (χ3n) is 2.38. The zero-order valence-electron chi connectivity index (χ0n) is 9.44. The maximum Gasteiger partial charge on any atom is 0.411 e.